The molecule has 0 radical (unpaired) electrons. The number of rotatable bonds is 5. The van der Waals surface area contributed by atoms with Crippen LogP contribution in [0.1, 0.15) is 56.7 Å². The third-order valence-electron chi connectivity index (χ3n) is 3.56. The highest BCUT2D eigenvalue weighted by atomic mass is 32.1. The maximum Gasteiger partial charge on any atom is 0.0964 e. The van der Waals surface area contributed by atoms with E-state index in [1.165, 1.54) is 17.1 Å². The first-order chi connectivity index (χ1) is 7.54. The van der Waals surface area contributed by atoms with Gasteiger partial charge < -0.3 is 5.32 Å². The molecule has 1 aromatic rings. The summed E-state index contributed by atoms with van der Waals surface area (Å²) in [6.45, 7) is 11.1. The SMILES string of the molecule is CCNCC(C)c1csc(C2CC2(C)C)n1. The number of nitrogens with one attached hydrogen (secondary N) is 1. The molecule has 2 rings (SSSR count). The van der Waals surface area contributed by atoms with Crippen LogP contribution in [0.25, 0.3) is 0 Å². The van der Waals surface area contributed by atoms with Crippen molar-refractivity contribution in [1.29, 1.82) is 0 Å². The van der Waals surface area contributed by atoms with Gasteiger partial charge in [0.15, 0.2) is 0 Å². The molecule has 1 N–H and O–H groups in total. The Morgan fingerprint density at radius 3 is 2.88 bits per heavy atom. The first-order valence-electron chi connectivity index (χ1n) is 6.20. The van der Waals surface area contributed by atoms with Gasteiger partial charge >= 0.3 is 0 Å². The normalized spacial score (nSPS) is 24.4. The quantitative estimate of drug-likeness (QED) is 0.850. The summed E-state index contributed by atoms with van der Waals surface area (Å²) >= 11 is 1.85. The van der Waals surface area contributed by atoms with E-state index in [1.54, 1.807) is 0 Å². The Kier molecular flexibility index (Phi) is 3.36. The van der Waals surface area contributed by atoms with Crippen LogP contribution in [0, 0.1) is 5.41 Å². The lowest BCUT2D eigenvalue weighted by atomic mass is 10.1. The highest BCUT2D eigenvalue weighted by molar-refractivity contribution is 7.09. The molecule has 2 unspecified atom stereocenters. The van der Waals surface area contributed by atoms with E-state index < -0.39 is 0 Å². The van der Waals surface area contributed by atoms with Gasteiger partial charge in [-0.05, 0) is 18.4 Å². The average molecular weight is 238 g/mol. The molecule has 0 bridgehead atoms. The summed E-state index contributed by atoms with van der Waals surface area (Å²) in [6.07, 6.45) is 1.31. The molecule has 0 saturated heterocycles. The summed E-state index contributed by atoms with van der Waals surface area (Å²) < 4.78 is 0. The second-order valence-corrected chi connectivity index (χ2v) is 6.45. The smallest absolute Gasteiger partial charge is 0.0964 e. The van der Waals surface area contributed by atoms with E-state index in [1.807, 2.05) is 11.3 Å². The Labute approximate surface area is 102 Å². The van der Waals surface area contributed by atoms with Gasteiger partial charge in [-0.3, -0.25) is 0 Å². The topological polar surface area (TPSA) is 24.9 Å². The fourth-order valence-corrected chi connectivity index (χ4v) is 3.29. The van der Waals surface area contributed by atoms with Crippen LogP contribution in [0.5, 0.6) is 0 Å². The minimum Gasteiger partial charge on any atom is -0.316 e. The third kappa shape index (κ3) is 2.46. The predicted molar refractivity (Wildman–Crippen MR) is 70.2 cm³/mol. The Morgan fingerprint density at radius 1 is 1.62 bits per heavy atom. The van der Waals surface area contributed by atoms with Gasteiger partial charge in [-0.1, -0.05) is 27.7 Å². The lowest BCUT2D eigenvalue weighted by Gasteiger charge is -2.08. The summed E-state index contributed by atoms with van der Waals surface area (Å²) in [4.78, 5) is 4.80. The second kappa shape index (κ2) is 4.46. The van der Waals surface area contributed by atoms with Crippen molar-refractivity contribution in [3.05, 3.63) is 16.1 Å². The lowest BCUT2D eigenvalue weighted by molar-refractivity contribution is 0.610. The average Bonchev–Trinajstić information content (AvgIpc) is 2.67. The van der Waals surface area contributed by atoms with Crippen LogP contribution in [0.4, 0.5) is 0 Å². The highest BCUT2D eigenvalue weighted by Crippen LogP contribution is 2.59. The van der Waals surface area contributed by atoms with Crippen molar-refractivity contribution in [3.8, 4) is 0 Å². The minimum absolute atomic E-state index is 0.500. The zero-order valence-corrected chi connectivity index (χ0v) is 11.5. The van der Waals surface area contributed by atoms with Gasteiger partial charge in [0.25, 0.3) is 0 Å². The van der Waals surface area contributed by atoms with Gasteiger partial charge in [-0.25, -0.2) is 4.98 Å². The van der Waals surface area contributed by atoms with E-state index in [2.05, 4.69) is 38.4 Å². The molecule has 1 aliphatic carbocycles. The highest BCUT2D eigenvalue weighted by Gasteiger charge is 2.48. The zero-order valence-electron chi connectivity index (χ0n) is 10.7. The molecule has 1 aromatic heterocycles. The standard InChI is InChI=1S/C13H22N2S/c1-5-14-7-9(2)11-8-16-12(15-11)10-6-13(10,3)4/h8-10,14H,5-7H2,1-4H3. The van der Waals surface area contributed by atoms with Crippen molar-refractivity contribution in [2.75, 3.05) is 13.1 Å². The van der Waals surface area contributed by atoms with Crippen molar-refractivity contribution >= 4 is 11.3 Å². The third-order valence-corrected chi connectivity index (χ3v) is 4.53. The Hall–Kier alpha value is -0.410. The maximum absolute atomic E-state index is 4.80. The summed E-state index contributed by atoms with van der Waals surface area (Å²) in [6, 6.07) is 0. The molecule has 2 atom stereocenters. The molecule has 0 amide bonds. The zero-order chi connectivity index (χ0) is 11.8. The first kappa shape index (κ1) is 12.1. The molecule has 0 aliphatic heterocycles. The van der Waals surface area contributed by atoms with Gasteiger partial charge in [-0.15, -0.1) is 11.3 Å². The molecule has 1 heterocycles. The number of thiazole rings is 1. The Balaban J connectivity index is 1.97. The van der Waals surface area contributed by atoms with E-state index >= 15 is 0 Å². The van der Waals surface area contributed by atoms with Gasteiger partial charge in [0, 0.05) is 23.8 Å². The number of aromatic nitrogens is 1. The van der Waals surface area contributed by atoms with Crippen molar-refractivity contribution in [2.24, 2.45) is 5.41 Å². The summed E-state index contributed by atoms with van der Waals surface area (Å²) in [5, 5.41) is 6.97. The van der Waals surface area contributed by atoms with Crippen LogP contribution in [0.3, 0.4) is 0 Å². The van der Waals surface area contributed by atoms with Gasteiger partial charge in [0.2, 0.25) is 0 Å². The van der Waals surface area contributed by atoms with Crippen LogP contribution in [-0.4, -0.2) is 18.1 Å². The summed E-state index contributed by atoms with van der Waals surface area (Å²) in [5.41, 5.74) is 1.77. The van der Waals surface area contributed by atoms with Crippen molar-refractivity contribution in [2.45, 2.75) is 46.0 Å². The molecule has 1 saturated carbocycles. The molecule has 90 valence electrons. The molecule has 0 spiro atoms. The second-order valence-electron chi connectivity index (χ2n) is 5.56. The summed E-state index contributed by atoms with van der Waals surface area (Å²) in [7, 11) is 0. The van der Waals surface area contributed by atoms with Gasteiger partial charge in [0.1, 0.15) is 0 Å². The molecule has 2 nitrogen and oxygen atoms in total. The first-order valence-corrected chi connectivity index (χ1v) is 7.08. The number of hydrogen-bond acceptors (Lipinski definition) is 3. The fourth-order valence-electron chi connectivity index (χ4n) is 2.04. The van der Waals surface area contributed by atoms with E-state index in [9.17, 15) is 0 Å². The molecule has 0 aromatic carbocycles. The van der Waals surface area contributed by atoms with Crippen molar-refractivity contribution in [3.63, 3.8) is 0 Å². The number of likely N-dealkylation sites (N-methyl/N-ethyl adjacent to an activating group) is 1. The van der Waals surface area contributed by atoms with Crippen LogP contribution >= 0.6 is 11.3 Å². The van der Waals surface area contributed by atoms with Crippen LogP contribution in [-0.2, 0) is 0 Å². The van der Waals surface area contributed by atoms with E-state index in [0.717, 1.165) is 19.0 Å². The minimum atomic E-state index is 0.500. The van der Waals surface area contributed by atoms with Gasteiger partial charge in [0.05, 0.1) is 10.7 Å². The molecule has 16 heavy (non-hydrogen) atoms. The largest absolute Gasteiger partial charge is 0.316 e. The Morgan fingerprint density at radius 2 is 2.31 bits per heavy atom. The monoisotopic (exact) mass is 238 g/mol. The van der Waals surface area contributed by atoms with Crippen molar-refractivity contribution in [1.82, 2.24) is 10.3 Å². The predicted octanol–water partition coefficient (Wildman–Crippen LogP) is 3.37. The molecular weight excluding hydrogens is 216 g/mol. The van der Waals surface area contributed by atoms with Gasteiger partial charge in [-0.2, -0.15) is 0 Å². The van der Waals surface area contributed by atoms with Crippen LogP contribution in [0.2, 0.25) is 0 Å². The molecule has 1 fully saturated rings. The molecular formula is C13H22N2S. The lowest BCUT2D eigenvalue weighted by Crippen LogP contribution is -2.19. The van der Waals surface area contributed by atoms with Crippen LogP contribution < -0.4 is 5.32 Å². The fraction of sp³-hybridized carbons (Fsp3) is 0.769. The van der Waals surface area contributed by atoms with Crippen LogP contribution in [0.15, 0.2) is 5.38 Å². The number of nitrogens with zero attached hydrogens (tertiary/aromatic N) is 1. The Bertz CT molecular complexity index is 357. The van der Waals surface area contributed by atoms with E-state index in [4.69, 9.17) is 4.98 Å². The van der Waals surface area contributed by atoms with Crippen molar-refractivity contribution < 1.29 is 0 Å². The molecule has 3 heteroatoms. The molecule has 1 aliphatic rings. The maximum atomic E-state index is 4.80. The summed E-state index contributed by atoms with van der Waals surface area (Å²) in [5.74, 6) is 1.25. The number of hydrogen-bond donors (Lipinski definition) is 1. The van der Waals surface area contributed by atoms with E-state index in [0.29, 0.717) is 11.3 Å². The van der Waals surface area contributed by atoms with E-state index in [-0.39, 0.29) is 0 Å².